The first kappa shape index (κ1) is 25.0. The first-order chi connectivity index (χ1) is 14.7. The van der Waals surface area contributed by atoms with Gasteiger partial charge in [0.15, 0.2) is 11.6 Å². The molecule has 0 bridgehead atoms. The van der Waals surface area contributed by atoms with E-state index in [1.165, 1.54) is 20.0 Å². The Bertz CT molecular complexity index is 1080. The maximum atomic E-state index is 12.8. The van der Waals surface area contributed by atoms with Gasteiger partial charge in [0, 0.05) is 23.7 Å². The molecule has 32 heavy (non-hydrogen) atoms. The summed E-state index contributed by atoms with van der Waals surface area (Å²) in [7, 11) is -4.45. The third kappa shape index (κ3) is 4.56. The van der Waals surface area contributed by atoms with Crippen molar-refractivity contribution < 1.29 is 34.0 Å². The number of H-pyrrole nitrogens is 1. The Morgan fingerprint density at radius 3 is 2.50 bits per heavy atom. The molecular weight excluding hydrogens is 441 g/mol. The van der Waals surface area contributed by atoms with Gasteiger partial charge in [0.05, 0.1) is 11.7 Å². The summed E-state index contributed by atoms with van der Waals surface area (Å²) in [5, 5.41) is 30.3. The summed E-state index contributed by atoms with van der Waals surface area (Å²) in [5.41, 5.74) is -0.751. The topological polar surface area (TPSA) is 167 Å². The zero-order valence-electron chi connectivity index (χ0n) is 18.8. The van der Waals surface area contributed by atoms with Gasteiger partial charge in [0.2, 0.25) is 0 Å². The van der Waals surface area contributed by atoms with Crippen molar-refractivity contribution in [2.75, 3.05) is 0 Å². The minimum Gasteiger partial charge on any atom is -0.388 e. The summed E-state index contributed by atoms with van der Waals surface area (Å²) < 4.78 is 25.1. The third-order valence-electron chi connectivity index (χ3n) is 6.00. The molecule has 5 N–H and O–H groups in total. The largest absolute Gasteiger partial charge is 0.388 e. The molecule has 2 aromatic rings. The fourth-order valence-electron chi connectivity index (χ4n) is 4.05. The van der Waals surface area contributed by atoms with Gasteiger partial charge in [-0.25, -0.2) is 4.79 Å². The molecule has 5 atom stereocenters. The summed E-state index contributed by atoms with van der Waals surface area (Å²) in [6, 6.07) is 1.78. The van der Waals surface area contributed by atoms with Crippen LogP contribution in [-0.2, 0) is 13.8 Å². The minimum absolute atomic E-state index is 0.0216. The smallest absolute Gasteiger partial charge is 0.359 e. The molecule has 180 valence electrons. The van der Waals surface area contributed by atoms with Crippen LogP contribution in [0.4, 0.5) is 0 Å². The third-order valence-corrected chi connectivity index (χ3v) is 8.43. The van der Waals surface area contributed by atoms with Crippen LogP contribution < -0.4 is 5.69 Å². The second-order valence-electron chi connectivity index (χ2n) is 9.00. The van der Waals surface area contributed by atoms with Gasteiger partial charge in [-0.1, -0.05) is 13.8 Å². The van der Waals surface area contributed by atoms with E-state index in [4.69, 9.17) is 9.26 Å². The molecule has 1 aliphatic heterocycles. The number of nitrogens with zero attached hydrogens (tertiary/aromatic N) is 2. The van der Waals surface area contributed by atoms with E-state index in [1.54, 1.807) is 19.9 Å². The Morgan fingerprint density at radius 1 is 1.28 bits per heavy atom. The highest BCUT2D eigenvalue weighted by molar-refractivity contribution is 7.54. The number of aliphatic hydroxyl groups excluding tert-OH is 2. The Kier molecular flexibility index (Phi) is 6.76. The normalized spacial score (nSPS) is 26.5. The molecule has 11 nitrogen and oxygen atoms in total. The number of hydrogen-bond donors (Lipinski definition) is 5. The van der Waals surface area contributed by atoms with Gasteiger partial charge in [-0.05, 0) is 39.7 Å². The fourth-order valence-corrected chi connectivity index (χ4v) is 5.76. The molecule has 0 spiro atoms. The molecule has 3 rings (SSSR count). The van der Waals surface area contributed by atoms with Gasteiger partial charge in [-0.3, -0.25) is 9.13 Å². The number of aromatic nitrogens is 3. The van der Waals surface area contributed by atoms with Gasteiger partial charge in [-0.15, -0.1) is 0 Å². The van der Waals surface area contributed by atoms with E-state index in [1.807, 2.05) is 6.92 Å². The maximum absolute atomic E-state index is 12.8. The van der Waals surface area contributed by atoms with Crippen molar-refractivity contribution in [1.29, 1.82) is 0 Å². The molecule has 0 saturated carbocycles. The van der Waals surface area contributed by atoms with Crippen molar-refractivity contribution in [3.63, 3.8) is 0 Å². The molecule has 1 fully saturated rings. The lowest BCUT2D eigenvalue weighted by Crippen LogP contribution is -2.39. The quantitative estimate of drug-likeness (QED) is 0.357. The second-order valence-corrected chi connectivity index (χ2v) is 11.1. The molecule has 1 unspecified atom stereocenters. The van der Waals surface area contributed by atoms with Gasteiger partial charge < -0.3 is 34.5 Å². The summed E-state index contributed by atoms with van der Waals surface area (Å²) >= 11 is 0. The molecule has 3 heterocycles. The van der Waals surface area contributed by atoms with E-state index in [-0.39, 0.29) is 19.3 Å². The second kappa shape index (κ2) is 8.64. The van der Waals surface area contributed by atoms with E-state index in [9.17, 15) is 29.6 Å². The minimum atomic E-state index is -4.45. The molecule has 0 radical (unpaired) electrons. The Balaban J connectivity index is 1.81. The van der Waals surface area contributed by atoms with Crippen LogP contribution >= 0.6 is 7.60 Å². The van der Waals surface area contributed by atoms with Gasteiger partial charge in [-0.2, -0.15) is 4.98 Å². The number of aryl methyl sites for hydroxylation is 1. The molecule has 2 aromatic heterocycles. The van der Waals surface area contributed by atoms with Crippen molar-refractivity contribution in [3.05, 3.63) is 28.4 Å². The van der Waals surface area contributed by atoms with Crippen LogP contribution in [0, 0.1) is 6.92 Å². The van der Waals surface area contributed by atoms with Crippen LogP contribution in [0.1, 0.15) is 58.9 Å². The number of hydrogen-bond acceptors (Lipinski definition) is 8. The van der Waals surface area contributed by atoms with Crippen molar-refractivity contribution in [1.82, 2.24) is 14.5 Å². The zero-order chi connectivity index (χ0) is 24.1. The van der Waals surface area contributed by atoms with E-state index < -0.39 is 48.8 Å². The molecule has 12 heteroatoms. The van der Waals surface area contributed by atoms with Crippen LogP contribution in [0.2, 0.25) is 0 Å². The highest BCUT2D eigenvalue weighted by Gasteiger charge is 2.51. The van der Waals surface area contributed by atoms with E-state index in [0.29, 0.717) is 11.0 Å². The summed E-state index contributed by atoms with van der Waals surface area (Å²) in [6.45, 7) is 8.04. The predicted molar refractivity (Wildman–Crippen MR) is 116 cm³/mol. The van der Waals surface area contributed by atoms with E-state index in [2.05, 4.69) is 9.97 Å². The Labute approximate surface area is 185 Å². The maximum Gasteiger partial charge on any atom is 0.359 e. The summed E-state index contributed by atoms with van der Waals surface area (Å²) in [5.74, 6) is 0. The number of aliphatic hydroxyl groups is 3. The Hall–Kier alpha value is -1.59. The Morgan fingerprint density at radius 2 is 1.91 bits per heavy atom. The number of aromatic amines is 1. The zero-order valence-corrected chi connectivity index (χ0v) is 19.7. The molecule has 1 saturated heterocycles. The lowest BCUT2D eigenvalue weighted by molar-refractivity contribution is -0.0668. The van der Waals surface area contributed by atoms with Crippen molar-refractivity contribution >= 4 is 18.6 Å². The molecule has 0 aliphatic carbocycles. The summed E-state index contributed by atoms with van der Waals surface area (Å²) in [4.78, 5) is 29.8. The standard InChI is InChI=1S/C20H32N3O8P/c1-6-20(27,7-2)32(28,29)31-19(4,5)9-13-14(24)15(25)17(30-13)23-10-12-8-11(3)21-16(12)22-18(23)26/h8,10,13-15,17,24-25,27H,6-7,9H2,1-5H3,(H,28,29)(H,21,22,26)/t13-,14-,15-,17-/m1/s1. The average molecular weight is 473 g/mol. The van der Waals surface area contributed by atoms with E-state index >= 15 is 0 Å². The molecule has 1 aliphatic rings. The van der Waals surface area contributed by atoms with Crippen LogP contribution in [-0.4, -0.2) is 64.0 Å². The van der Waals surface area contributed by atoms with Crippen LogP contribution in [0.15, 0.2) is 17.1 Å². The number of rotatable bonds is 8. The molecule has 0 aromatic carbocycles. The number of ether oxygens (including phenoxy) is 1. The number of fused-ring (bicyclic) bond motifs is 1. The first-order valence-corrected chi connectivity index (χ1v) is 12.2. The van der Waals surface area contributed by atoms with Gasteiger partial charge in [0.1, 0.15) is 17.9 Å². The predicted octanol–water partition coefficient (Wildman–Crippen LogP) is 1.53. The lowest BCUT2D eigenvalue weighted by atomic mass is 9.97. The van der Waals surface area contributed by atoms with Crippen molar-refractivity contribution in [2.24, 2.45) is 0 Å². The van der Waals surface area contributed by atoms with Crippen molar-refractivity contribution in [3.8, 4) is 0 Å². The lowest BCUT2D eigenvalue weighted by Gasteiger charge is -2.37. The molecular formula is C20H32N3O8P. The SMILES string of the molecule is CCC(O)(CC)P(=O)(O)OC(C)(C)C[C@H]1O[C@@H](n2cc3cc(C)[nH]c3nc2=O)[C@H](O)[C@@H]1O. The van der Waals surface area contributed by atoms with Crippen LogP contribution in [0.3, 0.4) is 0 Å². The highest BCUT2D eigenvalue weighted by Crippen LogP contribution is 2.60. The first-order valence-electron chi connectivity index (χ1n) is 10.6. The monoisotopic (exact) mass is 473 g/mol. The average Bonchev–Trinajstić information content (AvgIpc) is 3.18. The highest BCUT2D eigenvalue weighted by atomic mass is 31.2. The van der Waals surface area contributed by atoms with Crippen LogP contribution in [0.25, 0.3) is 11.0 Å². The van der Waals surface area contributed by atoms with E-state index in [0.717, 1.165) is 10.3 Å². The van der Waals surface area contributed by atoms with Crippen molar-refractivity contribution in [2.45, 2.75) is 89.4 Å². The van der Waals surface area contributed by atoms with Gasteiger partial charge in [0.25, 0.3) is 0 Å². The summed E-state index contributed by atoms with van der Waals surface area (Å²) in [6.07, 6.45) is -3.56. The van der Waals surface area contributed by atoms with Crippen LogP contribution in [0.5, 0.6) is 0 Å². The molecule has 0 amide bonds. The fraction of sp³-hybridized carbons (Fsp3) is 0.700. The number of nitrogens with one attached hydrogen (secondary N) is 1. The van der Waals surface area contributed by atoms with Gasteiger partial charge >= 0.3 is 13.3 Å².